The molecule has 0 aromatic carbocycles. The van der Waals surface area contributed by atoms with E-state index in [2.05, 4.69) is 10.3 Å². The van der Waals surface area contributed by atoms with E-state index in [1.54, 1.807) is 5.38 Å². The van der Waals surface area contributed by atoms with Crippen LogP contribution in [0, 0.1) is 0 Å². The molecule has 0 radical (unpaired) electrons. The minimum absolute atomic E-state index is 0.143. The summed E-state index contributed by atoms with van der Waals surface area (Å²) >= 11 is 7.22. The fourth-order valence-corrected chi connectivity index (χ4v) is 2.58. The maximum absolute atomic E-state index is 5.90. The summed E-state index contributed by atoms with van der Waals surface area (Å²) in [5.74, 6) is 0. The second kappa shape index (κ2) is 4.65. The third kappa shape index (κ3) is 2.42. The highest BCUT2D eigenvalue weighted by molar-refractivity contribution is 7.14. The van der Waals surface area contributed by atoms with Gasteiger partial charge in [-0.1, -0.05) is 11.6 Å². The van der Waals surface area contributed by atoms with E-state index in [0.717, 1.165) is 11.6 Å². The molecule has 15 heavy (non-hydrogen) atoms. The van der Waals surface area contributed by atoms with Crippen molar-refractivity contribution in [1.29, 1.82) is 0 Å². The summed E-state index contributed by atoms with van der Waals surface area (Å²) in [6, 6.07) is 0.302. The van der Waals surface area contributed by atoms with Gasteiger partial charge in [-0.05, 0) is 13.3 Å². The molecule has 1 aliphatic carbocycles. The molecule has 1 aliphatic rings. The van der Waals surface area contributed by atoms with Gasteiger partial charge >= 0.3 is 0 Å². The Morgan fingerprint density at radius 1 is 1.80 bits per heavy atom. The van der Waals surface area contributed by atoms with E-state index in [9.17, 15) is 0 Å². The largest absolute Gasteiger partial charge is 0.376 e. The first-order valence-electron chi connectivity index (χ1n) is 4.95. The Morgan fingerprint density at radius 2 is 2.60 bits per heavy atom. The second-order valence-electron chi connectivity index (χ2n) is 3.54. The Bertz CT molecular complexity index is 331. The van der Waals surface area contributed by atoms with Gasteiger partial charge in [0.1, 0.15) is 5.15 Å². The monoisotopic (exact) mass is 247 g/mol. The third-order valence-electron chi connectivity index (χ3n) is 2.51. The van der Waals surface area contributed by atoms with Crippen LogP contribution in [0.15, 0.2) is 5.38 Å². The molecule has 2 rings (SSSR count). The fourth-order valence-electron chi connectivity index (χ4n) is 1.69. The van der Waals surface area contributed by atoms with E-state index in [1.165, 1.54) is 11.3 Å². The van der Waals surface area contributed by atoms with Gasteiger partial charge < -0.3 is 15.8 Å². The first-order chi connectivity index (χ1) is 7.20. The number of thiazole rings is 1. The van der Waals surface area contributed by atoms with Gasteiger partial charge in [0.25, 0.3) is 0 Å². The molecule has 4 nitrogen and oxygen atoms in total. The van der Waals surface area contributed by atoms with Crippen LogP contribution in [0.3, 0.4) is 0 Å². The highest BCUT2D eigenvalue weighted by Gasteiger charge is 2.39. The van der Waals surface area contributed by atoms with Gasteiger partial charge in [0.05, 0.1) is 12.1 Å². The molecule has 0 saturated heterocycles. The lowest BCUT2D eigenvalue weighted by Gasteiger charge is -2.42. The van der Waals surface area contributed by atoms with Gasteiger partial charge in [0.15, 0.2) is 5.13 Å². The first kappa shape index (κ1) is 11.1. The highest BCUT2D eigenvalue weighted by atomic mass is 35.5. The van der Waals surface area contributed by atoms with Crippen LogP contribution in [0.1, 0.15) is 13.3 Å². The van der Waals surface area contributed by atoms with E-state index in [4.69, 9.17) is 22.1 Å². The van der Waals surface area contributed by atoms with E-state index in [0.29, 0.717) is 11.8 Å². The standard InChI is InChI=1S/C9H14ClN3OS/c1-2-14-6-3-5(11)8(6)13-9-12-7(10)4-15-9/h4-6,8H,2-3,11H2,1H3,(H,12,13). The molecule has 3 atom stereocenters. The first-order valence-corrected chi connectivity index (χ1v) is 6.21. The summed E-state index contributed by atoms with van der Waals surface area (Å²) in [4.78, 5) is 4.12. The molecule has 0 bridgehead atoms. The van der Waals surface area contributed by atoms with Crippen molar-refractivity contribution in [2.24, 2.45) is 5.73 Å². The third-order valence-corrected chi connectivity index (χ3v) is 3.61. The number of nitrogens with two attached hydrogens (primary N) is 1. The molecule has 1 aromatic heterocycles. The van der Waals surface area contributed by atoms with E-state index in [1.807, 2.05) is 6.92 Å². The minimum atomic E-state index is 0.143. The Kier molecular flexibility index (Phi) is 3.45. The van der Waals surface area contributed by atoms with E-state index < -0.39 is 0 Å². The Labute approximate surface area is 97.8 Å². The van der Waals surface area contributed by atoms with Crippen molar-refractivity contribution in [2.75, 3.05) is 11.9 Å². The fraction of sp³-hybridized carbons (Fsp3) is 0.667. The van der Waals surface area contributed by atoms with Crippen molar-refractivity contribution >= 4 is 28.1 Å². The zero-order valence-electron chi connectivity index (χ0n) is 8.44. The molecule has 0 spiro atoms. The summed E-state index contributed by atoms with van der Waals surface area (Å²) in [6.45, 7) is 2.70. The number of nitrogens with one attached hydrogen (secondary N) is 1. The van der Waals surface area contributed by atoms with Crippen molar-refractivity contribution < 1.29 is 4.74 Å². The predicted octanol–water partition coefficient (Wildman–Crippen LogP) is 1.71. The van der Waals surface area contributed by atoms with Crippen molar-refractivity contribution in [3.63, 3.8) is 0 Å². The van der Waals surface area contributed by atoms with Gasteiger partial charge in [-0.15, -0.1) is 11.3 Å². The molecule has 1 saturated carbocycles. The van der Waals surface area contributed by atoms with Crippen molar-refractivity contribution in [2.45, 2.75) is 31.5 Å². The number of hydrogen-bond acceptors (Lipinski definition) is 5. The van der Waals surface area contributed by atoms with Crippen LogP contribution < -0.4 is 11.1 Å². The predicted molar refractivity (Wildman–Crippen MR) is 62.5 cm³/mol. The van der Waals surface area contributed by atoms with Gasteiger partial charge in [-0.2, -0.15) is 0 Å². The molecule has 84 valence electrons. The second-order valence-corrected chi connectivity index (χ2v) is 4.78. The van der Waals surface area contributed by atoms with Gasteiger partial charge in [0, 0.05) is 18.0 Å². The molecule has 0 amide bonds. The van der Waals surface area contributed by atoms with Gasteiger partial charge in [-0.25, -0.2) is 4.98 Å². The van der Waals surface area contributed by atoms with E-state index in [-0.39, 0.29) is 18.2 Å². The van der Waals surface area contributed by atoms with Crippen molar-refractivity contribution in [3.8, 4) is 0 Å². The lowest BCUT2D eigenvalue weighted by molar-refractivity contribution is -0.0126. The molecule has 3 unspecified atom stereocenters. The molecule has 3 N–H and O–H groups in total. The zero-order valence-corrected chi connectivity index (χ0v) is 10.0. The molecule has 1 fully saturated rings. The number of ether oxygens (including phenoxy) is 1. The van der Waals surface area contributed by atoms with Crippen LogP contribution in [0.5, 0.6) is 0 Å². The molecule has 1 heterocycles. The number of anilines is 1. The average Bonchev–Trinajstić information content (AvgIpc) is 2.61. The van der Waals surface area contributed by atoms with Crippen molar-refractivity contribution in [1.82, 2.24) is 4.98 Å². The minimum Gasteiger partial charge on any atom is -0.376 e. The molecule has 0 aliphatic heterocycles. The van der Waals surface area contributed by atoms with Crippen LogP contribution in [-0.4, -0.2) is 29.8 Å². The summed E-state index contributed by atoms with van der Waals surface area (Å²) in [5.41, 5.74) is 5.90. The van der Waals surface area contributed by atoms with Crippen LogP contribution in [0.25, 0.3) is 0 Å². The number of hydrogen-bond donors (Lipinski definition) is 2. The average molecular weight is 248 g/mol. The summed E-state index contributed by atoms with van der Waals surface area (Å²) < 4.78 is 5.54. The van der Waals surface area contributed by atoms with Gasteiger partial charge in [0.2, 0.25) is 0 Å². The zero-order chi connectivity index (χ0) is 10.8. The SMILES string of the molecule is CCOC1CC(N)C1Nc1nc(Cl)cs1. The normalized spacial score (nSPS) is 29.9. The number of halogens is 1. The molecular weight excluding hydrogens is 234 g/mol. The Balaban J connectivity index is 1.93. The van der Waals surface area contributed by atoms with Crippen LogP contribution in [0.2, 0.25) is 5.15 Å². The summed E-state index contributed by atoms with van der Waals surface area (Å²) in [7, 11) is 0. The topological polar surface area (TPSA) is 60.2 Å². The summed E-state index contributed by atoms with van der Waals surface area (Å²) in [5, 5.41) is 6.38. The Hall–Kier alpha value is -0.360. The summed E-state index contributed by atoms with van der Waals surface area (Å²) in [6.07, 6.45) is 1.11. The maximum atomic E-state index is 5.90. The lowest BCUT2D eigenvalue weighted by atomic mass is 9.83. The smallest absolute Gasteiger partial charge is 0.184 e. The van der Waals surface area contributed by atoms with Crippen LogP contribution in [-0.2, 0) is 4.74 Å². The highest BCUT2D eigenvalue weighted by Crippen LogP contribution is 2.28. The Morgan fingerprint density at radius 3 is 3.13 bits per heavy atom. The van der Waals surface area contributed by atoms with E-state index >= 15 is 0 Å². The van der Waals surface area contributed by atoms with Gasteiger partial charge in [-0.3, -0.25) is 0 Å². The molecular formula is C9H14ClN3OS. The molecule has 1 aromatic rings. The molecule has 6 heteroatoms. The lowest BCUT2D eigenvalue weighted by Crippen LogP contribution is -2.60. The van der Waals surface area contributed by atoms with Crippen molar-refractivity contribution in [3.05, 3.63) is 10.5 Å². The van der Waals surface area contributed by atoms with Crippen LogP contribution >= 0.6 is 22.9 Å². The number of nitrogens with zero attached hydrogens (tertiary/aromatic N) is 1. The number of rotatable bonds is 4. The maximum Gasteiger partial charge on any atom is 0.184 e. The quantitative estimate of drug-likeness (QED) is 0.851. The van der Waals surface area contributed by atoms with Crippen LogP contribution in [0.4, 0.5) is 5.13 Å². The number of aromatic nitrogens is 1.